The topological polar surface area (TPSA) is 57.6 Å². The van der Waals surface area contributed by atoms with E-state index in [4.69, 9.17) is 0 Å². The number of rotatable bonds is 3. The van der Waals surface area contributed by atoms with Crippen LogP contribution in [0.15, 0.2) is 30.3 Å². The van der Waals surface area contributed by atoms with Gasteiger partial charge < -0.3 is 10.0 Å². The molecule has 0 aromatic heterocycles. The van der Waals surface area contributed by atoms with Crippen LogP contribution in [0.5, 0.6) is 0 Å². The summed E-state index contributed by atoms with van der Waals surface area (Å²) in [5.41, 5.74) is 2.06. The Bertz CT molecular complexity index is 550. The van der Waals surface area contributed by atoms with Crippen molar-refractivity contribution in [3.63, 3.8) is 0 Å². The van der Waals surface area contributed by atoms with E-state index in [1.165, 1.54) is 11.0 Å². The average Bonchev–Trinajstić information content (AvgIpc) is 2.79. The van der Waals surface area contributed by atoms with E-state index in [1.54, 1.807) is 6.08 Å². The van der Waals surface area contributed by atoms with E-state index >= 15 is 0 Å². The minimum Gasteiger partial charge on any atom is -0.480 e. The average molecular weight is 273 g/mol. The number of aryl methyl sites for hydroxylation is 1. The number of likely N-dealkylation sites (tertiary alicyclic amines) is 1. The van der Waals surface area contributed by atoms with Gasteiger partial charge >= 0.3 is 5.97 Å². The highest BCUT2D eigenvalue weighted by atomic mass is 16.4. The predicted molar refractivity (Wildman–Crippen MR) is 77.1 cm³/mol. The molecule has 0 bridgehead atoms. The highest BCUT2D eigenvalue weighted by Gasteiger charge is 2.38. The van der Waals surface area contributed by atoms with E-state index in [9.17, 15) is 14.7 Å². The maximum atomic E-state index is 12.2. The summed E-state index contributed by atoms with van der Waals surface area (Å²) in [5.74, 6) is -1.15. The van der Waals surface area contributed by atoms with Crippen LogP contribution in [-0.4, -0.2) is 34.5 Å². The number of carboxylic acids is 1. The molecule has 4 nitrogen and oxygen atoms in total. The molecular weight excluding hydrogens is 254 g/mol. The van der Waals surface area contributed by atoms with Crippen LogP contribution in [0.4, 0.5) is 0 Å². The van der Waals surface area contributed by atoms with E-state index in [0.717, 1.165) is 17.5 Å². The SMILES string of the molecule is Cc1ccccc1/C=C/C(=O)N1CCC(C)C1C(=O)O. The first-order valence-electron chi connectivity index (χ1n) is 6.78. The van der Waals surface area contributed by atoms with Gasteiger partial charge in [-0.25, -0.2) is 4.79 Å². The molecule has 1 saturated heterocycles. The predicted octanol–water partition coefficient (Wildman–Crippen LogP) is 2.33. The standard InChI is InChI=1S/C16H19NO3/c1-11-5-3-4-6-13(11)7-8-14(18)17-10-9-12(2)15(17)16(19)20/h3-8,12,15H,9-10H2,1-2H3,(H,19,20)/b8-7+. The van der Waals surface area contributed by atoms with Crippen molar-refractivity contribution in [3.8, 4) is 0 Å². The number of nitrogens with zero attached hydrogens (tertiary/aromatic N) is 1. The van der Waals surface area contributed by atoms with Gasteiger partial charge in [-0.3, -0.25) is 4.79 Å². The first-order valence-corrected chi connectivity index (χ1v) is 6.78. The monoisotopic (exact) mass is 273 g/mol. The Morgan fingerprint density at radius 1 is 1.35 bits per heavy atom. The van der Waals surface area contributed by atoms with Gasteiger partial charge in [-0.15, -0.1) is 0 Å². The molecule has 1 aliphatic heterocycles. The van der Waals surface area contributed by atoms with Gasteiger partial charge in [0, 0.05) is 12.6 Å². The molecule has 4 heteroatoms. The molecule has 0 aliphatic carbocycles. The first-order chi connectivity index (χ1) is 9.50. The summed E-state index contributed by atoms with van der Waals surface area (Å²) in [6.45, 7) is 4.36. The summed E-state index contributed by atoms with van der Waals surface area (Å²) in [6, 6.07) is 7.05. The van der Waals surface area contributed by atoms with Crippen LogP contribution in [0.1, 0.15) is 24.5 Å². The Kier molecular flexibility index (Phi) is 4.23. The van der Waals surface area contributed by atoms with Gasteiger partial charge in [-0.2, -0.15) is 0 Å². The molecule has 2 rings (SSSR count). The van der Waals surface area contributed by atoms with E-state index in [1.807, 2.05) is 38.1 Å². The van der Waals surface area contributed by atoms with Crippen LogP contribution >= 0.6 is 0 Å². The summed E-state index contributed by atoms with van der Waals surface area (Å²) in [4.78, 5) is 24.8. The van der Waals surface area contributed by atoms with Crippen molar-refractivity contribution in [2.75, 3.05) is 6.54 Å². The van der Waals surface area contributed by atoms with Crippen molar-refractivity contribution in [1.29, 1.82) is 0 Å². The van der Waals surface area contributed by atoms with Gasteiger partial charge in [-0.1, -0.05) is 31.2 Å². The van der Waals surface area contributed by atoms with Crippen molar-refractivity contribution in [2.45, 2.75) is 26.3 Å². The molecule has 0 spiro atoms. The number of hydrogen-bond donors (Lipinski definition) is 1. The summed E-state index contributed by atoms with van der Waals surface area (Å²) < 4.78 is 0. The van der Waals surface area contributed by atoms with Gasteiger partial charge in [0.2, 0.25) is 5.91 Å². The second kappa shape index (κ2) is 5.90. The van der Waals surface area contributed by atoms with Crippen LogP contribution in [0.25, 0.3) is 6.08 Å². The normalized spacial score (nSPS) is 22.4. The van der Waals surface area contributed by atoms with Gasteiger partial charge in [0.1, 0.15) is 6.04 Å². The summed E-state index contributed by atoms with van der Waals surface area (Å²) in [6.07, 6.45) is 3.96. The molecule has 106 valence electrons. The van der Waals surface area contributed by atoms with Crippen molar-refractivity contribution >= 4 is 18.0 Å². The fourth-order valence-corrected chi connectivity index (χ4v) is 2.60. The quantitative estimate of drug-likeness (QED) is 0.860. The molecule has 20 heavy (non-hydrogen) atoms. The van der Waals surface area contributed by atoms with Gasteiger partial charge in [0.25, 0.3) is 0 Å². The van der Waals surface area contributed by atoms with Crippen LogP contribution in [0, 0.1) is 12.8 Å². The lowest BCUT2D eigenvalue weighted by Gasteiger charge is -2.21. The Balaban J connectivity index is 2.12. The minimum atomic E-state index is -0.923. The maximum Gasteiger partial charge on any atom is 0.326 e. The zero-order valence-electron chi connectivity index (χ0n) is 11.7. The molecule has 2 unspecified atom stereocenters. The third kappa shape index (κ3) is 2.90. The smallest absolute Gasteiger partial charge is 0.326 e. The Labute approximate surface area is 118 Å². The molecule has 0 saturated carbocycles. The molecule has 1 heterocycles. The molecule has 1 aromatic rings. The molecule has 1 aliphatic rings. The molecular formula is C16H19NO3. The van der Waals surface area contributed by atoms with Crippen LogP contribution in [-0.2, 0) is 9.59 Å². The zero-order chi connectivity index (χ0) is 14.7. The number of aliphatic carboxylic acids is 1. The van der Waals surface area contributed by atoms with Crippen LogP contribution < -0.4 is 0 Å². The lowest BCUT2D eigenvalue weighted by Crippen LogP contribution is -2.42. The first kappa shape index (κ1) is 14.3. The Morgan fingerprint density at radius 2 is 2.05 bits per heavy atom. The number of carbonyl (C=O) groups is 2. The van der Waals surface area contributed by atoms with Crippen LogP contribution in [0.3, 0.4) is 0 Å². The van der Waals surface area contributed by atoms with Crippen molar-refractivity contribution < 1.29 is 14.7 Å². The third-order valence-corrected chi connectivity index (χ3v) is 3.83. The summed E-state index contributed by atoms with van der Waals surface area (Å²) in [7, 11) is 0. The van der Waals surface area contributed by atoms with Gasteiger partial charge in [-0.05, 0) is 36.5 Å². The lowest BCUT2D eigenvalue weighted by atomic mass is 10.0. The number of amides is 1. The van der Waals surface area contributed by atoms with E-state index < -0.39 is 12.0 Å². The zero-order valence-corrected chi connectivity index (χ0v) is 11.7. The number of benzene rings is 1. The fourth-order valence-electron chi connectivity index (χ4n) is 2.60. The van der Waals surface area contributed by atoms with Gasteiger partial charge in [0.15, 0.2) is 0 Å². The van der Waals surface area contributed by atoms with Gasteiger partial charge in [0.05, 0.1) is 0 Å². The van der Waals surface area contributed by atoms with E-state index in [2.05, 4.69) is 0 Å². The Morgan fingerprint density at radius 3 is 2.70 bits per heavy atom. The lowest BCUT2D eigenvalue weighted by molar-refractivity contribution is -0.147. The molecule has 0 radical (unpaired) electrons. The molecule has 1 fully saturated rings. The largest absolute Gasteiger partial charge is 0.480 e. The number of hydrogen-bond acceptors (Lipinski definition) is 2. The van der Waals surface area contributed by atoms with Crippen molar-refractivity contribution in [3.05, 3.63) is 41.5 Å². The number of carboxylic acid groups (broad SMARTS) is 1. The highest BCUT2D eigenvalue weighted by molar-refractivity contribution is 5.95. The van der Waals surface area contributed by atoms with Crippen LogP contribution in [0.2, 0.25) is 0 Å². The second-order valence-electron chi connectivity index (χ2n) is 5.27. The molecule has 1 N–H and O–H groups in total. The maximum absolute atomic E-state index is 12.2. The summed E-state index contributed by atoms with van der Waals surface area (Å²) >= 11 is 0. The number of carbonyl (C=O) groups excluding carboxylic acids is 1. The second-order valence-corrected chi connectivity index (χ2v) is 5.27. The Hall–Kier alpha value is -2.10. The third-order valence-electron chi connectivity index (χ3n) is 3.83. The molecule has 2 atom stereocenters. The highest BCUT2D eigenvalue weighted by Crippen LogP contribution is 2.24. The molecule has 1 amide bonds. The molecule has 1 aromatic carbocycles. The summed E-state index contributed by atoms with van der Waals surface area (Å²) in [5, 5.41) is 9.21. The minimum absolute atomic E-state index is 0.00307. The van der Waals surface area contributed by atoms with E-state index in [-0.39, 0.29) is 11.8 Å². The van der Waals surface area contributed by atoms with Crippen molar-refractivity contribution in [2.24, 2.45) is 5.92 Å². The van der Waals surface area contributed by atoms with E-state index in [0.29, 0.717) is 6.54 Å². The van der Waals surface area contributed by atoms with Crippen molar-refractivity contribution in [1.82, 2.24) is 4.90 Å². The fraction of sp³-hybridized carbons (Fsp3) is 0.375.